The Hall–Kier alpha value is -1.95. The number of aliphatic hydroxyl groups excluding tert-OH is 1. The molecule has 0 saturated heterocycles. The van der Waals surface area contributed by atoms with Crippen LogP contribution in [0.25, 0.3) is 11.4 Å². The molecule has 2 aromatic heterocycles. The summed E-state index contributed by atoms with van der Waals surface area (Å²) in [7, 11) is 3.63. The molecule has 6 nitrogen and oxygen atoms in total. The molecule has 0 aliphatic carbocycles. The molecule has 0 bridgehead atoms. The topological polar surface area (TPSA) is 75.9 Å². The molecule has 0 spiro atoms. The Balaban J connectivity index is 2.45. The number of anilines is 1. The number of hydrogen-bond acceptors (Lipinski definition) is 5. The lowest BCUT2D eigenvalue weighted by atomic mass is 10.2. The van der Waals surface area contributed by atoms with Crippen molar-refractivity contribution in [3.05, 3.63) is 24.2 Å². The van der Waals surface area contributed by atoms with E-state index in [0.29, 0.717) is 11.6 Å². The Morgan fingerprint density at radius 2 is 2.25 bits per heavy atom. The quantitative estimate of drug-likeness (QED) is 0.782. The minimum Gasteiger partial charge on any atom is -0.388 e. The molecule has 2 aromatic rings. The number of nitrogens with zero attached hydrogens (tertiary/aromatic N) is 4. The molecule has 6 heteroatoms. The van der Waals surface area contributed by atoms with E-state index in [2.05, 4.69) is 20.5 Å². The number of pyridine rings is 1. The normalized spacial score (nSPS) is 10.4. The molecule has 0 unspecified atom stereocenters. The van der Waals surface area contributed by atoms with Gasteiger partial charge in [0.1, 0.15) is 12.4 Å². The van der Waals surface area contributed by atoms with Crippen molar-refractivity contribution >= 4 is 5.82 Å². The highest BCUT2D eigenvalue weighted by molar-refractivity contribution is 5.59. The second kappa shape index (κ2) is 4.28. The van der Waals surface area contributed by atoms with E-state index < -0.39 is 0 Å². The smallest absolute Gasteiger partial charge is 0.163 e. The zero-order chi connectivity index (χ0) is 11.5. The summed E-state index contributed by atoms with van der Waals surface area (Å²) in [5, 5.41) is 19.9. The van der Waals surface area contributed by atoms with Crippen LogP contribution in [0.5, 0.6) is 0 Å². The fourth-order valence-corrected chi connectivity index (χ4v) is 1.46. The molecule has 0 saturated carbocycles. The predicted octanol–water partition coefficient (Wildman–Crippen LogP) is 0.411. The number of rotatable bonds is 3. The van der Waals surface area contributed by atoms with E-state index >= 15 is 0 Å². The Labute approximate surface area is 93.0 Å². The molecular formula is C10H13N5O. The molecular weight excluding hydrogens is 206 g/mol. The first kappa shape index (κ1) is 10.6. The van der Waals surface area contributed by atoms with Crippen molar-refractivity contribution in [3.8, 4) is 11.4 Å². The third-order valence-electron chi connectivity index (χ3n) is 2.38. The van der Waals surface area contributed by atoms with E-state index in [0.717, 1.165) is 11.4 Å². The zero-order valence-electron chi connectivity index (χ0n) is 9.18. The van der Waals surface area contributed by atoms with Gasteiger partial charge in [0, 0.05) is 25.9 Å². The Kier molecular flexibility index (Phi) is 2.82. The van der Waals surface area contributed by atoms with Gasteiger partial charge in [-0.05, 0) is 12.1 Å². The molecule has 84 valence electrons. The Bertz CT molecular complexity index is 494. The highest BCUT2D eigenvalue weighted by Crippen LogP contribution is 2.19. The van der Waals surface area contributed by atoms with Crippen LogP contribution in [-0.2, 0) is 13.7 Å². The van der Waals surface area contributed by atoms with E-state index in [1.807, 2.05) is 26.2 Å². The van der Waals surface area contributed by atoms with Crippen LogP contribution >= 0.6 is 0 Å². The summed E-state index contributed by atoms with van der Waals surface area (Å²) in [5.41, 5.74) is 0.911. The van der Waals surface area contributed by atoms with Gasteiger partial charge in [-0.2, -0.15) is 0 Å². The van der Waals surface area contributed by atoms with Gasteiger partial charge in [0.2, 0.25) is 0 Å². The molecule has 2 N–H and O–H groups in total. The molecule has 0 fully saturated rings. The summed E-state index contributed by atoms with van der Waals surface area (Å²) in [4.78, 5) is 4.12. The van der Waals surface area contributed by atoms with E-state index in [1.165, 1.54) is 0 Å². The fraction of sp³-hybridized carbons (Fsp3) is 0.300. The van der Waals surface area contributed by atoms with Crippen LogP contribution in [0.1, 0.15) is 5.82 Å². The van der Waals surface area contributed by atoms with Crippen molar-refractivity contribution < 1.29 is 5.11 Å². The standard InChI is InChI=1S/C10H13N5O/c1-11-8-5-7(3-4-12-8)10-14-13-9(6-16)15(10)2/h3-5,16H,6H2,1-2H3,(H,11,12). The maximum absolute atomic E-state index is 9.03. The van der Waals surface area contributed by atoms with Gasteiger partial charge in [-0.1, -0.05) is 0 Å². The van der Waals surface area contributed by atoms with Crippen LogP contribution in [0.3, 0.4) is 0 Å². The van der Waals surface area contributed by atoms with Crippen molar-refractivity contribution in [2.24, 2.45) is 7.05 Å². The second-order valence-electron chi connectivity index (χ2n) is 3.34. The Morgan fingerprint density at radius 1 is 1.44 bits per heavy atom. The van der Waals surface area contributed by atoms with E-state index in [1.54, 1.807) is 10.8 Å². The van der Waals surface area contributed by atoms with Gasteiger partial charge < -0.3 is 15.0 Å². The molecule has 2 heterocycles. The van der Waals surface area contributed by atoms with Crippen LogP contribution in [0.2, 0.25) is 0 Å². The maximum atomic E-state index is 9.03. The fourth-order valence-electron chi connectivity index (χ4n) is 1.46. The molecule has 0 radical (unpaired) electrons. The van der Waals surface area contributed by atoms with Crippen molar-refractivity contribution in [2.75, 3.05) is 12.4 Å². The van der Waals surface area contributed by atoms with Gasteiger partial charge in [0.25, 0.3) is 0 Å². The summed E-state index contributed by atoms with van der Waals surface area (Å²) in [6, 6.07) is 3.73. The van der Waals surface area contributed by atoms with E-state index in [-0.39, 0.29) is 6.61 Å². The first-order valence-corrected chi connectivity index (χ1v) is 4.89. The van der Waals surface area contributed by atoms with Gasteiger partial charge in [-0.15, -0.1) is 10.2 Å². The second-order valence-corrected chi connectivity index (χ2v) is 3.34. The summed E-state index contributed by atoms with van der Waals surface area (Å²) in [6.07, 6.45) is 1.70. The minimum atomic E-state index is -0.118. The highest BCUT2D eigenvalue weighted by Gasteiger charge is 2.10. The lowest BCUT2D eigenvalue weighted by Crippen LogP contribution is -2.00. The summed E-state index contributed by atoms with van der Waals surface area (Å²) in [6.45, 7) is -0.118. The largest absolute Gasteiger partial charge is 0.388 e. The number of hydrogen-bond donors (Lipinski definition) is 2. The van der Waals surface area contributed by atoms with Gasteiger partial charge >= 0.3 is 0 Å². The lowest BCUT2D eigenvalue weighted by Gasteiger charge is -2.04. The van der Waals surface area contributed by atoms with Crippen LogP contribution < -0.4 is 5.32 Å². The highest BCUT2D eigenvalue weighted by atomic mass is 16.3. The van der Waals surface area contributed by atoms with E-state index in [9.17, 15) is 0 Å². The molecule has 16 heavy (non-hydrogen) atoms. The van der Waals surface area contributed by atoms with Crippen molar-refractivity contribution in [3.63, 3.8) is 0 Å². The monoisotopic (exact) mass is 219 g/mol. The number of aliphatic hydroxyl groups is 1. The van der Waals surface area contributed by atoms with Crippen LogP contribution in [0, 0.1) is 0 Å². The molecule has 0 aliphatic rings. The first-order chi connectivity index (χ1) is 7.76. The van der Waals surface area contributed by atoms with Crippen LogP contribution in [0.15, 0.2) is 18.3 Å². The first-order valence-electron chi connectivity index (χ1n) is 4.89. The SMILES string of the molecule is CNc1cc(-c2nnc(CO)n2C)ccn1. The number of nitrogens with one attached hydrogen (secondary N) is 1. The minimum absolute atomic E-state index is 0.118. The van der Waals surface area contributed by atoms with Gasteiger partial charge in [-0.25, -0.2) is 4.98 Å². The third kappa shape index (κ3) is 1.74. The van der Waals surface area contributed by atoms with E-state index in [4.69, 9.17) is 5.11 Å². The van der Waals surface area contributed by atoms with Crippen molar-refractivity contribution in [1.29, 1.82) is 0 Å². The van der Waals surface area contributed by atoms with Gasteiger partial charge in [-0.3, -0.25) is 0 Å². The molecule has 0 atom stereocenters. The number of aromatic nitrogens is 4. The summed E-state index contributed by atoms with van der Waals surface area (Å²) >= 11 is 0. The third-order valence-corrected chi connectivity index (χ3v) is 2.38. The molecule has 0 aromatic carbocycles. The zero-order valence-corrected chi connectivity index (χ0v) is 9.18. The summed E-state index contributed by atoms with van der Waals surface area (Å²) in [5.74, 6) is 2.02. The van der Waals surface area contributed by atoms with Crippen LogP contribution in [-0.4, -0.2) is 31.9 Å². The van der Waals surface area contributed by atoms with Crippen LogP contribution in [0.4, 0.5) is 5.82 Å². The average Bonchev–Trinajstić information content (AvgIpc) is 2.70. The molecule has 0 amide bonds. The average molecular weight is 219 g/mol. The van der Waals surface area contributed by atoms with Gasteiger partial charge in [0.15, 0.2) is 11.6 Å². The lowest BCUT2D eigenvalue weighted by molar-refractivity contribution is 0.267. The Morgan fingerprint density at radius 3 is 2.88 bits per heavy atom. The molecule has 0 aliphatic heterocycles. The maximum Gasteiger partial charge on any atom is 0.163 e. The van der Waals surface area contributed by atoms with Crippen molar-refractivity contribution in [2.45, 2.75) is 6.61 Å². The van der Waals surface area contributed by atoms with Crippen molar-refractivity contribution in [1.82, 2.24) is 19.7 Å². The molecule has 2 rings (SSSR count). The van der Waals surface area contributed by atoms with Gasteiger partial charge in [0.05, 0.1) is 0 Å². The predicted molar refractivity (Wildman–Crippen MR) is 59.7 cm³/mol. The summed E-state index contributed by atoms with van der Waals surface area (Å²) < 4.78 is 1.76.